The summed E-state index contributed by atoms with van der Waals surface area (Å²) in [4.78, 5) is 24.0. The zero-order valence-corrected chi connectivity index (χ0v) is 10.2. The highest BCUT2D eigenvalue weighted by atomic mass is 79.9. The topological polar surface area (TPSA) is 57.6 Å². The zero-order chi connectivity index (χ0) is 11.9. The molecule has 0 saturated heterocycles. The molecule has 1 atom stereocenters. The first-order chi connectivity index (χ1) is 7.50. The van der Waals surface area contributed by atoms with Gasteiger partial charge in [0.25, 0.3) is 0 Å². The van der Waals surface area contributed by atoms with Crippen LogP contribution >= 0.6 is 15.9 Å². The smallest absolute Gasteiger partial charge is 0.326 e. The lowest BCUT2D eigenvalue weighted by Gasteiger charge is -2.21. The molecule has 0 fully saturated rings. The molecule has 16 heavy (non-hydrogen) atoms. The number of aliphatic carboxylic acids is 1. The SMILES string of the molecule is C[C@H](C(=O)O)N1C(=O)Cc2cc(Br)ccc21. The summed E-state index contributed by atoms with van der Waals surface area (Å²) in [7, 11) is 0. The molecule has 1 aromatic rings. The van der Waals surface area contributed by atoms with Gasteiger partial charge in [-0.25, -0.2) is 4.79 Å². The number of carbonyl (C=O) groups is 2. The summed E-state index contributed by atoms with van der Waals surface area (Å²) in [5, 5.41) is 8.94. The van der Waals surface area contributed by atoms with Gasteiger partial charge in [0.1, 0.15) is 6.04 Å². The molecule has 0 saturated carbocycles. The monoisotopic (exact) mass is 283 g/mol. The molecule has 0 spiro atoms. The van der Waals surface area contributed by atoms with Crippen LogP contribution < -0.4 is 4.90 Å². The van der Waals surface area contributed by atoms with Gasteiger partial charge in [0.2, 0.25) is 5.91 Å². The number of carboxylic acids is 1. The molecule has 4 nitrogen and oxygen atoms in total. The van der Waals surface area contributed by atoms with Crippen LogP contribution in [-0.4, -0.2) is 23.0 Å². The highest BCUT2D eigenvalue weighted by Crippen LogP contribution is 2.32. The Labute approximate surface area is 101 Å². The van der Waals surface area contributed by atoms with Crippen molar-refractivity contribution in [2.45, 2.75) is 19.4 Å². The number of carboxylic acid groups (broad SMARTS) is 1. The van der Waals surface area contributed by atoms with Crippen molar-refractivity contribution < 1.29 is 14.7 Å². The molecule has 0 unspecified atom stereocenters. The van der Waals surface area contributed by atoms with Gasteiger partial charge in [0.05, 0.1) is 6.42 Å². The van der Waals surface area contributed by atoms with Crippen molar-refractivity contribution >= 4 is 33.5 Å². The van der Waals surface area contributed by atoms with Crippen molar-refractivity contribution in [1.29, 1.82) is 0 Å². The summed E-state index contributed by atoms with van der Waals surface area (Å²) in [5.74, 6) is -1.16. The van der Waals surface area contributed by atoms with E-state index in [1.807, 2.05) is 6.07 Å². The Bertz CT molecular complexity index is 472. The van der Waals surface area contributed by atoms with Crippen molar-refractivity contribution in [3.05, 3.63) is 28.2 Å². The lowest BCUT2D eigenvalue weighted by molar-refractivity contribution is -0.139. The molecule has 0 radical (unpaired) electrons. The van der Waals surface area contributed by atoms with Crippen molar-refractivity contribution in [3.8, 4) is 0 Å². The number of carbonyl (C=O) groups excluding carboxylic acids is 1. The fraction of sp³-hybridized carbons (Fsp3) is 0.273. The van der Waals surface area contributed by atoms with Crippen LogP contribution in [0, 0.1) is 0 Å². The largest absolute Gasteiger partial charge is 0.480 e. The van der Waals surface area contributed by atoms with E-state index in [0.717, 1.165) is 10.0 Å². The first-order valence-corrected chi connectivity index (χ1v) is 5.63. The zero-order valence-electron chi connectivity index (χ0n) is 8.61. The van der Waals surface area contributed by atoms with Gasteiger partial charge in [-0.2, -0.15) is 0 Å². The number of fused-ring (bicyclic) bond motifs is 1. The van der Waals surface area contributed by atoms with Crippen molar-refractivity contribution in [2.75, 3.05) is 4.90 Å². The average molecular weight is 284 g/mol. The molecule has 0 aromatic heterocycles. The number of hydrogen-bond donors (Lipinski definition) is 1. The number of rotatable bonds is 2. The first-order valence-electron chi connectivity index (χ1n) is 4.84. The molecule has 2 rings (SSSR count). The second-order valence-corrected chi connectivity index (χ2v) is 4.64. The predicted molar refractivity (Wildman–Crippen MR) is 62.4 cm³/mol. The second-order valence-electron chi connectivity index (χ2n) is 3.73. The van der Waals surface area contributed by atoms with Gasteiger partial charge in [-0.1, -0.05) is 15.9 Å². The van der Waals surface area contributed by atoms with Gasteiger partial charge in [-0.3, -0.25) is 9.69 Å². The molecule has 1 N–H and O–H groups in total. The third kappa shape index (κ3) is 1.71. The van der Waals surface area contributed by atoms with Crippen LogP contribution in [0.15, 0.2) is 22.7 Å². The number of hydrogen-bond acceptors (Lipinski definition) is 2. The molecule has 84 valence electrons. The van der Waals surface area contributed by atoms with Crippen LogP contribution in [0.3, 0.4) is 0 Å². The molecule has 1 amide bonds. The standard InChI is InChI=1S/C11H10BrNO3/c1-6(11(15)16)13-9-3-2-8(12)4-7(9)5-10(13)14/h2-4,6H,5H2,1H3,(H,15,16)/t6-/m1/s1. The maximum absolute atomic E-state index is 11.7. The minimum absolute atomic E-state index is 0.164. The molecule has 1 aliphatic heterocycles. The molecule has 5 heteroatoms. The average Bonchev–Trinajstić information content (AvgIpc) is 2.51. The number of nitrogens with zero attached hydrogens (tertiary/aromatic N) is 1. The van der Waals surface area contributed by atoms with Gasteiger partial charge in [0.15, 0.2) is 0 Å². The fourth-order valence-corrected chi connectivity index (χ4v) is 2.26. The lowest BCUT2D eigenvalue weighted by Crippen LogP contribution is -2.41. The van der Waals surface area contributed by atoms with Crippen LogP contribution in [0.1, 0.15) is 12.5 Å². The molecular weight excluding hydrogens is 274 g/mol. The summed E-state index contributed by atoms with van der Waals surface area (Å²) < 4.78 is 0.892. The summed E-state index contributed by atoms with van der Waals surface area (Å²) in [6.07, 6.45) is 0.270. The number of amides is 1. The minimum atomic E-state index is -0.996. The van der Waals surface area contributed by atoms with Gasteiger partial charge in [0, 0.05) is 10.2 Å². The summed E-state index contributed by atoms with van der Waals surface area (Å²) in [6.45, 7) is 1.51. The maximum atomic E-state index is 11.7. The van der Waals surface area contributed by atoms with Crippen molar-refractivity contribution in [2.24, 2.45) is 0 Å². The van der Waals surface area contributed by atoms with E-state index in [-0.39, 0.29) is 12.3 Å². The third-order valence-electron chi connectivity index (χ3n) is 2.66. The Morgan fingerprint density at radius 1 is 1.56 bits per heavy atom. The van der Waals surface area contributed by atoms with Crippen molar-refractivity contribution in [1.82, 2.24) is 0 Å². The number of benzene rings is 1. The normalized spacial score (nSPS) is 16.1. The Kier molecular flexibility index (Phi) is 2.71. The predicted octanol–water partition coefficient (Wildman–Crippen LogP) is 1.81. The van der Waals surface area contributed by atoms with Gasteiger partial charge in [-0.15, -0.1) is 0 Å². The van der Waals surface area contributed by atoms with E-state index in [2.05, 4.69) is 15.9 Å². The Hall–Kier alpha value is -1.36. The number of anilines is 1. The molecule has 1 heterocycles. The fourth-order valence-electron chi connectivity index (χ4n) is 1.85. The van der Waals surface area contributed by atoms with Gasteiger partial charge in [-0.05, 0) is 30.7 Å². The highest BCUT2D eigenvalue weighted by Gasteiger charge is 2.34. The Morgan fingerprint density at radius 2 is 2.25 bits per heavy atom. The van der Waals surface area contributed by atoms with Crippen LogP contribution in [0.25, 0.3) is 0 Å². The van der Waals surface area contributed by atoms with E-state index in [1.54, 1.807) is 12.1 Å². The van der Waals surface area contributed by atoms with E-state index in [4.69, 9.17) is 5.11 Å². The maximum Gasteiger partial charge on any atom is 0.326 e. The van der Waals surface area contributed by atoms with Gasteiger partial charge >= 0.3 is 5.97 Å². The Morgan fingerprint density at radius 3 is 2.88 bits per heavy atom. The first kappa shape index (κ1) is 11.1. The second kappa shape index (κ2) is 3.90. The van der Waals surface area contributed by atoms with Crippen molar-refractivity contribution in [3.63, 3.8) is 0 Å². The Balaban J connectivity index is 2.44. The van der Waals surface area contributed by atoms with Crippen LogP contribution in [0.2, 0.25) is 0 Å². The van der Waals surface area contributed by atoms with Gasteiger partial charge < -0.3 is 5.11 Å². The minimum Gasteiger partial charge on any atom is -0.480 e. The summed E-state index contributed by atoms with van der Waals surface area (Å²) in [6, 6.07) is 4.60. The van der Waals surface area contributed by atoms with E-state index < -0.39 is 12.0 Å². The van der Waals surface area contributed by atoms with E-state index in [9.17, 15) is 9.59 Å². The molecule has 0 aliphatic carbocycles. The third-order valence-corrected chi connectivity index (χ3v) is 3.15. The lowest BCUT2D eigenvalue weighted by atomic mass is 10.2. The van der Waals surface area contributed by atoms with E-state index in [0.29, 0.717) is 5.69 Å². The summed E-state index contributed by atoms with van der Waals surface area (Å²) >= 11 is 3.32. The molecule has 0 bridgehead atoms. The van der Waals surface area contributed by atoms with E-state index >= 15 is 0 Å². The molecule has 1 aromatic carbocycles. The quantitative estimate of drug-likeness (QED) is 0.901. The summed E-state index contributed by atoms with van der Waals surface area (Å²) in [5.41, 5.74) is 1.57. The molecule has 1 aliphatic rings. The van der Waals surface area contributed by atoms with Crippen LogP contribution in [-0.2, 0) is 16.0 Å². The number of halogens is 1. The highest BCUT2D eigenvalue weighted by molar-refractivity contribution is 9.10. The van der Waals surface area contributed by atoms with E-state index in [1.165, 1.54) is 11.8 Å². The van der Waals surface area contributed by atoms with Crippen LogP contribution in [0.4, 0.5) is 5.69 Å². The van der Waals surface area contributed by atoms with Crippen LogP contribution in [0.5, 0.6) is 0 Å². The molecular formula is C11H10BrNO3.